The highest BCUT2D eigenvalue weighted by molar-refractivity contribution is 7.12. The molecule has 0 saturated heterocycles. The van der Waals surface area contributed by atoms with E-state index in [0.717, 1.165) is 17.0 Å². The van der Waals surface area contributed by atoms with Gasteiger partial charge in [0.1, 0.15) is 11.6 Å². The van der Waals surface area contributed by atoms with E-state index in [1.807, 2.05) is 36.6 Å². The molecule has 0 aliphatic carbocycles. The first-order chi connectivity index (χ1) is 15.4. The van der Waals surface area contributed by atoms with Crippen LogP contribution in [0.1, 0.15) is 23.0 Å². The number of hydrogen-bond donors (Lipinski definition) is 1. The molecule has 4 rings (SSSR count). The van der Waals surface area contributed by atoms with Crippen molar-refractivity contribution in [1.29, 1.82) is 0 Å². The maximum atomic E-state index is 12.7. The maximum Gasteiger partial charge on any atom is 0.270 e. The standard InChI is InChI=1S/C22H19N5O4S/c1-3-31-18-9-7-15(8-10-18)19-13-32-22(23-19)26-20(11-14(2)25-26)24-21(28)16-5-4-6-17(12-16)27(29)30/h4-13H,3H2,1-2H3,(H,24,28). The highest BCUT2D eigenvalue weighted by Gasteiger charge is 2.17. The van der Waals surface area contributed by atoms with Crippen LogP contribution in [-0.4, -0.2) is 32.2 Å². The molecule has 4 aromatic rings. The molecular weight excluding hydrogens is 430 g/mol. The summed E-state index contributed by atoms with van der Waals surface area (Å²) in [5.41, 5.74) is 2.43. The minimum absolute atomic E-state index is 0.151. The lowest BCUT2D eigenvalue weighted by molar-refractivity contribution is -0.384. The quantitative estimate of drug-likeness (QED) is 0.318. The zero-order valence-electron chi connectivity index (χ0n) is 17.3. The Bertz CT molecular complexity index is 1280. The van der Waals surface area contributed by atoms with Crippen molar-refractivity contribution in [3.8, 4) is 22.1 Å². The number of ether oxygens (including phenoxy) is 1. The van der Waals surface area contributed by atoms with Gasteiger partial charge in [-0.15, -0.1) is 11.3 Å². The van der Waals surface area contributed by atoms with Crippen molar-refractivity contribution in [3.63, 3.8) is 0 Å². The highest BCUT2D eigenvalue weighted by Crippen LogP contribution is 2.28. The Hall–Kier alpha value is -4.05. The third kappa shape index (κ3) is 4.49. The Morgan fingerprint density at radius 3 is 2.72 bits per heavy atom. The van der Waals surface area contributed by atoms with E-state index < -0.39 is 10.8 Å². The van der Waals surface area contributed by atoms with Crippen LogP contribution >= 0.6 is 11.3 Å². The van der Waals surface area contributed by atoms with E-state index in [1.165, 1.54) is 35.6 Å². The summed E-state index contributed by atoms with van der Waals surface area (Å²) in [6, 6.07) is 14.9. The molecule has 0 unspecified atom stereocenters. The van der Waals surface area contributed by atoms with Crippen molar-refractivity contribution in [2.75, 3.05) is 11.9 Å². The van der Waals surface area contributed by atoms with Gasteiger partial charge in [0.2, 0.25) is 5.13 Å². The third-order valence-corrected chi connectivity index (χ3v) is 5.34. The van der Waals surface area contributed by atoms with Crippen LogP contribution in [-0.2, 0) is 0 Å². The van der Waals surface area contributed by atoms with Gasteiger partial charge in [-0.1, -0.05) is 6.07 Å². The monoisotopic (exact) mass is 449 g/mol. The van der Waals surface area contributed by atoms with Crippen molar-refractivity contribution in [1.82, 2.24) is 14.8 Å². The number of thiazole rings is 1. The van der Waals surface area contributed by atoms with E-state index in [0.29, 0.717) is 23.3 Å². The number of benzene rings is 2. The molecular formula is C22H19N5O4S. The molecule has 0 aliphatic rings. The summed E-state index contributed by atoms with van der Waals surface area (Å²) in [6.07, 6.45) is 0. The van der Waals surface area contributed by atoms with E-state index in [2.05, 4.69) is 15.4 Å². The number of carbonyl (C=O) groups excluding carboxylic acids is 1. The number of rotatable bonds is 7. The van der Waals surface area contributed by atoms with Crippen LogP contribution in [0.5, 0.6) is 5.75 Å². The van der Waals surface area contributed by atoms with Crippen LogP contribution in [0, 0.1) is 17.0 Å². The lowest BCUT2D eigenvalue weighted by Crippen LogP contribution is -2.15. The number of aryl methyl sites for hydroxylation is 1. The Morgan fingerprint density at radius 2 is 2.00 bits per heavy atom. The molecule has 0 saturated carbocycles. The normalized spacial score (nSPS) is 10.7. The van der Waals surface area contributed by atoms with Gasteiger partial charge in [0.25, 0.3) is 11.6 Å². The fourth-order valence-electron chi connectivity index (χ4n) is 3.07. The van der Waals surface area contributed by atoms with Gasteiger partial charge in [0, 0.05) is 34.7 Å². The number of hydrogen-bond acceptors (Lipinski definition) is 7. The van der Waals surface area contributed by atoms with Gasteiger partial charge in [-0.2, -0.15) is 9.78 Å². The average molecular weight is 449 g/mol. The predicted octanol–water partition coefficient (Wildman–Crippen LogP) is 4.86. The molecule has 9 nitrogen and oxygen atoms in total. The SMILES string of the molecule is CCOc1ccc(-c2csc(-n3nc(C)cc3NC(=O)c3cccc([N+](=O)[O-])c3)n2)cc1. The van der Waals surface area contributed by atoms with Gasteiger partial charge in [-0.3, -0.25) is 14.9 Å². The molecule has 0 radical (unpaired) electrons. The Balaban J connectivity index is 1.58. The Labute approximate surface area is 187 Å². The fraction of sp³-hybridized carbons (Fsp3) is 0.136. The number of non-ortho nitro benzene ring substituents is 1. The van der Waals surface area contributed by atoms with Crippen LogP contribution in [0.15, 0.2) is 60.0 Å². The van der Waals surface area contributed by atoms with Crippen LogP contribution in [0.4, 0.5) is 11.5 Å². The molecule has 2 aromatic heterocycles. The Kier molecular flexibility index (Phi) is 5.95. The van der Waals surface area contributed by atoms with E-state index in [9.17, 15) is 14.9 Å². The third-order valence-electron chi connectivity index (χ3n) is 4.53. The second-order valence-corrected chi connectivity index (χ2v) is 7.65. The van der Waals surface area contributed by atoms with Gasteiger partial charge < -0.3 is 10.1 Å². The topological polar surface area (TPSA) is 112 Å². The molecule has 0 atom stereocenters. The molecule has 2 heterocycles. The van der Waals surface area contributed by atoms with Gasteiger partial charge in [-0.05, 0) is 44.2 Å². The number of anilines is 1. The fourth-order valence-corrected chi connectivity index (χ4v) is 3.86. The first-order valence-corrected chi connectivity index (χ1v) is 10.6. The van der Waals surface area contributed by atoms with Crippen molar-refractivity contribution in [2.45, 2.75) is 13.8 Å². The largest absolute Gasteiger partial charge is 0.494 e. The highest BCUT2D eigenvalue weighted by atomic mass is 32.1. The minimum Gasteiger partial charge on any atom is -0.494 e. The molecule has 1 N–H and O–H groups in total. The minimum atomic E-state index is -0.539. The average Bonchev–Trinajstić information content (AvgIpc) is 3.41. The van der Waals surface area contributed by atoms with Crippen LogP contribution < -0.4 is 10.1 Å². The van der Waals surface area contributed by atoms with Crippen molar-refractivity contribution >= 4 is 28.7 Å². The van der Waals surface area contributed by atoms with Crippen molar-refractivity contribution in [3.05, 3.63) is 81.3 Å². The number of nitro groups is 1. The van der Waals surface area contributed by atoms with Gasteiger partial charge in [0.15, 0.2) is 0 Å². The lowest BCUT2D eigenvalue weighted by Gasteiger charge is -2.07. The van der Waals surface area contributed by atoms with Crippen LogP contribution in [0.3, 0.4) is 0 Å². The summed E-state index contributed by atoms with van der Waals surface area (Å²) >= 11 is 1.39. The molecule has 32 heavy (non-hydrogen) atoms. The van der Waals surface area contributed by atoms with E-state index >= 15 is 0 Å². The molecule has 2 aromatic carbocycles. The van der Waals surface area contributed by atoms with Gasteiger partial charge in [-0.25, -0.2) is 4.98 Å². The summed E-state index contributed by atoms with van der Waals surface area (Å²) in [6.45, 7) is 4.34. The smallest absolute Gasteiger partial charge is 0.270 e. The van der Waals surface area contributed by atoms with Crippen molar-refractivity contribution < 1.29 is 14.5 Å². The van der Waals surface area contributed by atoms with E-state index in [4.69, 9.17) is 4.74 Å². The zero-order chi connectivity index (χ0) is 22.7. The van der Waals surface area contributed by atoms with Crippen LogP contribution in [0.2, 0.25) is 0 Å². The molecule has 1 amide bonds. The lowest BCUT2D eigenvalue weighted by atomic mass is 10.2. The maximum absolute atomic E-state index is 12.7. The number of aromatic nitrogens is 3. The second-order valence-electron chi connectivity index (χ2n) is 6.82. The number of carbonyl (C=O) groups is 1. The van der Waals surface area contributed by atoms with Crippen molar-refractivity contribution in [2.24, 2.45) is 0 Å². The molecule has 0 aliphatic heterocycles. The van der Waals surface area contributed by atoms with E-state index in [-0.39, 0.29) is 11.3 Å². The number of amides is 1. The van der Waals surface area contributed by atoms with Gasteiger partial charge in [0.05, 0.1) is 22.9 Å². The van der Waals surface area contributed by atoms with E-state index in [1.54, 1.807) is 17.7 Å². The Morgan fingerprint density at radius 1 is 1.22 bits per heavy atom. The first kappa shape index (κ1) is 21.2. The molecule has 10 heteroatoms. The number of nitrogens with zero attached hydrogens (tertiary/aromatic N) is 4. The predicted molar refractivity (Wildman–Crippen MR) is 122 cm³/mol. The van der Waals surface area contributed by atoms with Gasteiger partial charge >= 0.3 is 0 Å². The summed E-state index contributed by atoms with van der Waals surface area (Å²) in [5.74, 6) is 0.741. The number of nitrogens with one attached hydrogen (secondary N) is 1. The number of nitro benzene ring substituents is 1. The second kappa shape index (κ2) is 8.98. The summed E-state index contributed by atoms with van der Waals surface area (Å²) < 4.78 is 7.02. The summed E-state index contributed by atoms with van der Waals surface area (Å²) in [5, 5.41) is 20.7. The van der Waals surface area contributed by atoms with Crippen LogP contribution in [0.25, 0.3) is 16.4 Å². The summed E-state index contributed by atoms with van der Waals surface area (Å²) in [4.78, 5) is 27.8. The molecule has 0 fully saturated rings. The molecule has 0 bridgehead atoms. The first-order valence-electron chi connectivity index (χ1n) is 9.76. The zero-order valence-corrected chi connectivity index (χ0v) is 18.1. The molecule has 0 spiro atoms. The summed E-state index contributed by atoms with van der Waals surface area (Å²) in [7, 11) is 0. The molecule has 162 valence electrons.